The Bertz CT molecular complexity index is 412. The lowest BCUT2D eigenvalue weighted by atomic mass is 10.1. The number of hydrogen-bond donors (Lipinski definition) is 1. The second-order valence-electron chi connectivity index (χ2n) is 2.97. The molecule has 1 N–H and O–H groups in total. The summed E-state index contributed by atoms with van der Waals surface area (Å²) in [6, 6.07) is 4.40. The van der Waals surface area contributed by atoms with Crippen molar-refractivity contribution >= 4 is 6.08 Å². The lowest BCUT2D eigenvalue weighted by Gasteiger charge is -2.04. The van der Waals surface area contributed by atoms with Gasteiger partial charge in [0.05, 0.1) is 12.0 Å². The highest BCUT2D eigenvalue weighted by molar-refractivity contribution is 5.59. The van der Waals surface area contributed by atoms with Gasteiger partial charge in [-0.15, -0.1) is 0 Å². The van der Waals surface area contributed by atoms with Gasteiger partial charge in [0.1, 0.15) is 11.5 Å². The maximum atomic E-state index is 10.4. The highest BCUT2D eigenvalue weighted by Gasteiger charge is 2.06. The van der Waals surface area contributed by atoms with Crippen molar-refractivity contribution in [3.63, 3.8) is 0 Å². The third kappa shape index (κ3) is 2.70. The summed E-state index contributed by atoms with van der Waals surface area (Å²) in [7, 11) is 1.44. The molecule has 5 nitrogen and oxygen atoms in total. The molecule has 0 aliphatic heterocycles. The van der Waals surface area contributed by atoms with Crippen LogP contribution in [0.3, 0.4) is 0 Å². The number of benzene rings is 1. The molecule has 0 saturated heterocycles. The number of hydrogen-bond acceptors (Lipinski definition) is 4. The van der Waals surface area contributed by atoms with Crippen molar-refractivity contribution in [2.75, 3.05) is 7.11 Å². The van der Waals surface area contributed by atoms with Crippen LogP contribution in [0.15, 0.2) is 23.9 Å². The molecule has 80 valence electrons. The lowest BCUT2D eigenvalue weighted by molar-refractivity contribution is -0.422. The number of ether oxygens (including phenoxy) is 1. The van der Waals surface area contributed by atoms with E-state index in [0.717, 1.165) is 0 Å². The molecule has 0 amide bonds. The zero-order chi connectivity index (χ0) is 11.4. The van der Waals surface area contributed by atoms with Crippen LogP contribution in [0.5, 0.6) is 11.5 Å². The van der Waals surface area contributed by atoms with Crippen LogP contribution in [0, 0.1) is 10.1 Å². The van der Waals surface area contributed by atoms with Crippen LogP contribution < -0.4 is 4.74 Å². The second-order valence-corrected chi connectivity index (χ2v) is 2.97. The summed E-state index contributed by atoms with van der Waals surface area (Å²) in [4.78, 5) is 9.94. The first kappa shape index (κ1) is 11.0. The standard InChI is InChI=1S/C10H11NO4/c1-7(11(13)14)5-8-3-4-9(12)6-10(8)15-2/h3-6,12H,1-2H3. The van der Waals surface area contributed by atoms with E-state index in [-0.39, 0.29) is 11.4 Å². The van der Waals surface area contributed by atoms with Crippen LogP contribution >= 0.6 is 0 Å². The van der Waals surface area contributed by atoms with Crippen molar-refractivity contribution in [1.82, 2.24) is 0 Å². The van der Waals surface area contributed by atoms with Crippen LogP contribution in [0.4, 0.5) is 0 Å². The van der Waals surface area contributed by atoms with Gasteiger partial charge in [0.25, 0.3) is 0 Å². The van der Waals surface area contributed by atoms with Crippen molar-refractivity contribution in [3.8, 4) is 11.5 Å². The van der Waals surface area contributed by atoms with E-state index in [1.165, 1.54) is 32.2 Å². The number of phenolic OH excluding ortho intramolecular Hbond substituents is 1. The predicted octanol–water partition coefficient (Wildman–Crippen LogP) is 2.04. The first-order valence-electron chi connectivity index (χ1n) is 4.24. The van der Waals surface area contributed by atoms with Gasteiger partial charge in [-0.1, -0.05) is 0 Å². The van der Waals surface area contributed by atoms with Gasteiger partial charge in [-0.3, -0.25) is 10.1 Å². The van der Waals surface area contributed by atoms with Crippen LogP contribution in [-0.4, -0.2) is 17.1 Å². The minimum atomic E-state index is -0.480. The van der Waals surface area contributed by atoms with Crippen molar-refractivity contribution < 1.29 is 14.8 Å². The number of allylic oxidation sites excluding steroid dienone is 1. The third-order valence-corrected chi connectivity index (χ3v) is 1.87. The van der Waals surface area contributed by atoms with E-state index in [0.29, 0.717) is 11.3 Å². The molecule has 0 unspecified atom stereocenters. The summed E-state index contributed by atoms with van der Waals surface area (Å²) >= 11 is 0. The first-order valence-corrected chi connectivity index (χ1v) is 4.24. The molecule has 0 aliphatic carbocycles. The summed E-state index contributed by atoms with van der Waals surface area (Å²) in [6.45, 7) is 1.40. The molecule has 1 rings (SSSR count). The molecule has 1 aromatic rings. The molecule has 0 spiro atoms. The Balaban J connectivity index is 3.15. The van der Waals surface area contributed by atoms with E-state index < -0.39 is 4.92 Å². The van der Waals surface area contributed by atoms with Gasteiger partial charge in [0.15, 0.2) is 0 Å². The van der Waals surface area contributed by atoms with Gasteiger partial charge < -0.3 is 9.84 Å². The largest absolute Gasteiger partial charge is 0.508 e. The Kier molecular flexibility index (Phi) is 3.28. The normalized spacial score (nSPS) is 11.2. The monoisotopic (exact) mass is 209 g/mol. The van der Waals surface area contributed by atoms with Gasteiger partial charge >= 0.3 is 0 Å². The molecule has 0 aliphatic rings. The van der Waals surface area contributed by atoms with Crippen molar-refractivity contribution in [1.29, 1.82) is 0 Å². The average molecular weight is 209 g/mol. The smallest absolute Gasteiger partial charge is 0.243 e. The third-order valence-electron chi connectivity index (χ3n) is 1.87. The molecule has 0 aromatic heterocycles. The van der Waals surface area contributed by atoms with E-state index in [1.54, 1.807) is 6.07 Å². The fraction of sp³-hybridized carbons (Fsp3) is 0.200. The topological polar surface area (TPSA) is 72.6 Å². The Morgan fingerprint density at radius 1 is 1.60 bits per heavy atom. The number of phenols is 1. The van der Waals surface area contributed by atoms with Crippen molar-refractivity contribution in [2.24, 2.45) is 0 Å². The summed E-state index contributed by atoms with van der Waals surface area (Å²) in [5.41, 5.74) is 0.573. The fourth-order valence-corrected chi connectivity index (χ4v) is 1.10. The minimum absolute atomic E-state index is 0.0130. The molecule has 0 fully saturated rings. The number of methoxy groups -OCH3 is 1. The SMILES string of the molecule is COc1cc(O)ccc1C=C(C)[N+](=O)[O-]. The lowest BCUT2D eigenvalue weighted by Crippen LogP contribution is -1.94. The van der Waals surface area contributed by atoms with E-state index in [1.807, 2.05) is 0 Å². The number of nitrogens with zero attached hydrogens (tertiary/aromatic N) is 1. The van der Waals surface area contributed by atoms with E-state index >= 15 is 0 Å². The van der Waals surface area contributed by atoms with Crippen molar-refractivity contribution in [2.45, 2.75) is 6.92 Å². The average Bonchev–Trinajstić information content (AvgIpc) is 2.20. The quantitative estimate of drug-likeness (QED) is 0.610. The minimum Gasteiger partial charge on any atom is -0.508 e. The van der Waals surface area contributed by atoms with Gasteiger partial charge in [0.2, 0.25) is 5.70 Å². The van der Waals surface area contributed by atoms with Crippen molar-refractivity contribution in [3.05, 3.63) is 39.6 Å². The zero-order valence-corrected chi connectivity index (χ0v) is 8.43. The maximum absolute atomic E-state index is 10.4. The van der Waals surface area contributed by atoms with E-state index in [2.05, 4.69) is 0 Å². The highest BCUT2D eigenvalue weighted by atomic mass is 16.6. The number of aromatic hydroxyl groups is 1. The summed E-state index contributed by atoms with van der Waals surface area (Å²) in [5.74, 6) is 0.457. The van der Waals surface area contributed by atoms with Gasteiger partial charge in [-0.05, 0) is 12.1 Å². The Labute approximate surface area is 86.8 Å². The molecule has 1 aromatic carbocycles. The maximum Gasteiger partial charge on any atom is 0.243 e. The molecular formula is C10H11NO4. The Hall–Kier alpha value is -2.04. The fourth-order valence-electron chi connectivity index (χ4n) is 1.10. The predicted molar refractivity (Wildman–Crippen MR) is 55.3 cm³/mol. The van der Waals surface area contributed by atoms with Gasteiger partial charge in [0, 0.05) is 24.6 Å². The molecule has 0 bridgehead atoms. The highest BCUT2D eigenvalue weighted by Crippen LogP contribution is 2.25. The van der Waals surface area contributed by atoms with Gasteiger partial charge in [-0.2, -0.15) is 0 Å². The number of nitro groups is 1. The molecule has 0 atom stereocenters. The first-order chi connectivity index (χ1) is 7.04. The molecule has 0 saturated carbocycles. The van der Waals surface area contributed by atoms with Crippen LogP contribution in [-0.2, 0) is 0 Å². The van der Waals surface area contributed by atoms with E-state index in [9.17, 15) is 15.2 Å². The molecule has 0 heterocycles. The van der Waals surface area contributed by atoms with Crippen LogP contribution in [0.2, 0.25) is 0 Å². The summed E-state index contributed by atoms with van der Waals surface area (Å²) in [5, 5.41) is 19.6. The zero-order valence-electron chi connectivity index (χ0n) is 8.43. The summed E-state index contributed by atoms with van der Waals surface area (Å²) in [6.07, 6.45) is 1.39. The van der Waals surface area contributed by atoms with E-state index in [4.69, 9.17) is 4.74 Å². The van der Waals surface area contributed by atoms with Crippen LogP contribution in [0.1, 0.15) is 12.5 Å². The summed E-state index contributed by atoms with van der Waals surface area (Å²) < 4.78 is 4.98. The molecule has 0 radical (unpaired) electrons. The van der Waals surface area contributed by atoms with Gasteiger partial charge in [-0.25, -0.2) is 0 Å². The second kappa shape index (κ2) is 4.45. The number of rotatable bonds is 3. The Morgan fingerprint density at radius 2 is 2.27 bits per heavy atom. The molecule has 5 heteroatoms. The van der Waals surface area contributed by atoms with Crippen LogP contribution in [0.25, 0.3) is 6.08 Å². The Morgan fingerprint density at radius 3 is 2.80 bits per heavy atom. The molecular weight excluding hydrogens is 198 g/mol. The molecule has 15 heavy (non-hydrogen) atoms.